The molecule has 0 amide bonds. The van der Waals surface area contributed by atoms with Gasteiger partial charge in [-0.3, -0.25) is 0 Å². The molecule has 0 bridgehead atoms. The molecule has 12 aromatic rings. The first-order valence-electron chi connectivity index (χ1n) is 20.3. The Morgan fingerprint density at radius 1 is 0.279 bits per heavy atom. The third-order valence-corrected chi connectivity index (χ3v) is 17.1. The lowest BCUT2D eigenvalue weighted by molar-refractivity contribution is 0.585. The summed E-state index contributed by atoms with van der Waals surface area (Å²) >= 11 is 0. The van der Waals surface area contributed by atoms with Crippen LogP contribution >= 0.6 is 0 Å². The summed E-state index contributed by atoms with van der Waals surface area (Å²) in [7, 11) is -3.75. The van der Waals surface area contributed by atoms with Crippen molar-refractivity contribution >= 4 is 89.2 Å². The number of nitrogens with zero attached hydrogens (tertiary/aromatic N) is 3. The normalized spacial score (nSPS) is 13.0. The van der Waals surface area contributed by atoms with Crippen molar-refractivity contribution in [2.75, 3.05) is 0 Å². The minimum atomic E-state index is -3.75. The molecular weight excluding hydrogens is 776 g/mol. The molecule has 3 heterocycles. The van der Waals surface area contributed by atoms with Gasteiger partial charge in [-0.05, 0) is 100 Å². The molecule has 0 aliphatic rings. The van der Waals surface area contributed by atoms with Crippen LogP contribution in [0.25, 0.3) is 76.8 Å². The smallest absolute Gasteiger partial charge is 0.257 e. The monoisotopic (exact) mass is 809 g/mol. The zero-order chi connectivity index (χ0) is 40.8. The van der Waals surface area contributed by atoms with Crippen molar-refractivity contribution in [1.29, 1.82) is 0 Å². The predicted molar refractivity (Wildman–Crippen MR) is 247 cm³/mol. The van der Waals surface area contributed by atoms with Gasteiger partial charge in [-0.2, -0.15) is 0 Å². The van der Waals surface area contributed by atoms with Crippen molar-refractivity contribution in [2.24, 2.45) is 0 Å². The quantitative estimate of drug-likeness (QED) is 0.117. The largest absolute Gasteiger partial charge is 0.355 e. The van der Waals surface area contributed by atoms with E-state index in [1.54, 1.807) is 12.1 Å². The van der Waals surface area contributed by atoms with Crippen LogP contribution in [-0.4, -0.2) is 21.6 Å². The zero-order valence-corrected chi connectivity index (χ0v) is 33.6. The number of rotatable bonds is 6. The Morgan fingerprint density at radius 3 is 1.11 bits per heavy atom. The number of halogens is 3. The number of fused-ring (bicyclic) bond motifs is 9. The van der Waals surface area contributed by atoms with Crippen LogP contribution in [0.1, 0.15) is 0 Å². The lowest BCUT2D eigenvalue weighted by atomic mass is 10.1. The van der Waals surface area contributed by atoms with Gasteiger partial charge in [0.25, 0.3) is 8.24 Å². The minimum Gasteiger partial charge on any atom is -0.355 e. The Morgan fingerprint density at radius 2 is 0.672 bits per heavy atom. The van der Waals surface area contributed by atoms with E-state index in [4.69, 9.17) is 0 Å². The van der Waals surface area contributed by atoms with Gasteiger partial charge in [0.05, 0.1) is 22.1 Å². The summed E-state index contributed by atoms with van der Waals surface area (Å²) in [5.41, 5.74) is 8.11. The zero-order valence-electron chi connectivity index (χ0n) is 32.6. The lowest BCUT2D eigenvalue weighted by Gasteiger charge is -2.36. The standard InChI is InChI=1S/C54H34F3N3Si/c55-35-22-26-41(27-23-35)61(40-12-2-1-3-13-40,42-31-36(56)30-37(57)32-42)60-53-28-24-38(58-49-18-8-4-14-43(49)44-15-5-9-19-50(44)58)33-47(53)48-34-39(25-29-54(48)60)59-51-20-10-6-16-45(51)46-17-7-11-21-52(46)59/h1-34H. The van der Waals surface area contributed by atoms with E-state index in [0.29, 0.717) is 5.19 Å². The third-order valence-electron chi connectivity index (χ3n) is 12.5. The topological polar surface area (TPSA) is 14.8 Å². The van der Waals surface area contributed by atoms with E-state index in [0.717, 1.165) is 93.2 Å². The fraction of sp³-hybridized carbons (Fsp3) is 0. The molecule has 0 fully saturated rings. The molecule has 0 aliphatic heterocycles. The van der Waals surface area contributed by atoms with Crippen molar-refractivity contribution < 1.29 is 13.2 Å². The van der Waals surface area contributed by atoms with Crippen LogP contribution in [0.4, 0.5) is 13.2 Å². The van der Waals surface area contributed by atoms with Gasteiger partial charge < -0.3 is 13.4 Å². The fourth-order valence-electron chi connectivity index (χ4n) is 10.1. The van der Waals surface area contributed by atoms with E-state index in [2.05, 4.69) is 147 Å². The van der Waals surface area contributed by atoms with Crippen molar-refractivity contribution in [3.05, 3.63) is 224 Å². The van der Waals surface area contributed by atoms with Crippen LogP contribution in [0.2, 0.25) is 0 Å². The number of hydrogen-bond donors (Lipinski definition) is 0. The first-order chi connectivity index (χ1) is 30.0. The van der Waals surface area contributed by atoms with Crippen molar-refractivity contribution in [3.63, 3.8) is 0 Å². The molecule has 3 nitrogen and oxygen atoms in total. The molecule has 0 spiro atoms. The van der Waals surface area contributed by atoms with Crippen LogP contribution in [0.15, 0.2) is 206 Å². The van der Waals surface area contributed by atoms with Crippen LogP contribution in [0.3, 0.4) is 0 Å². The molecule has 290 valence electrons. The van der Waals surface area contributed by atoms with E-state index in [1.165, 1.54) is 24.3 Å². The molecule has 9 aromatic carbocycles. The number of aromatic nitrogens is 3. The van der Waals surface area contributed by atoms with Crippen molar-refractivity contribution in [2.45, 2.75) is 0 Å². The summed E-state index contributed by atoms with van der Waals surface area (Å²) in [5, 5.41) is 8.77. The van der Waals surface area contributed by atoms with Gasteiger partial charge >= 0.3 is 0 Å². The highest BCUT2D eigenvalue weighted by molar-refractivity contribution is 7.11. The summed E-state index contributed by atoms with van der Waals surface area (Å²) in [6.07, 6.45) is 0. The second kappa shape index (κ2) is 13.5. The second-order valence-electron chi connectivity index (χ2n) is 15.7. The Balaban J connectivity index is 1.26. The Hall–Kier alpha value is -7.61. The first kappa shape index (κ1) is 35.3. The number of para-hydroxylation sites is 4. The predicted octanol–water partition coefficient (Wildman–Crippen LogP) is 11.9. The molecule has 0 radical (unpaired) electrons. The summed E-state index contributed by atoms with van der Waals surface area (Å²) in [4.78, 5) is 0. The molecule has 0 N–H and O–H groups in total. The van der Waals surface area contributed by atoms with Gasteiger partial charge in [-0.1, -0.05) is 115 Å². The summed E-state index contributed by atoms with van der Waals surface area (Å²) in [6, 6.07) is 67.2. The SMILES string of the molecule is Fc1ccc([Si](c2ccccc2)(c2cc(F)cc(F)c2)n2c3ccc(-n4c5ccccc5c5ccccc54)cc3c3cc(-n4c5ccccc5c5ccccc54)ccc32)cc1. The van der Waals surface area contributed by atoms with E-state index >= 15 is 8.78 Å². The Kier molecular flexibility index (Phi) is 7.80. The highest BCUT2D eigenvalue weighted by Crippen LogP contribution is 2.39. The maximum atomic E-state index is 15.8. The second-order valence-corrected chi connectivity index (χ2v) is 19.3. The Bertz CT molecular complexity index is 3400. The van der Waals surface area contributed by atoms with Crippen molar-refractivity contribution in [1.82, 2.24) is 13.4 Å². The van der Waals surface area contributed by atoms with Gasteiger partial charge in [-0.25, -0.2) is 13.2 Å². The summed E-state index contributed by atoms with van der Waals surface area (Å²) in [6.45, 7) is 0. The Labute approximate surface area is 349 Å². The highest BCUT2D eigenvalue weighted by atomic mass is 28.3. The molecule has 1 unspecified atom stereocenters. The van der Waals surface area contributed by atoms with Gasteiger partial charge in [0.15, 0.2) is 0 Å². The molecular formula is C54H34F3N3Si. The van der Waals surface area contributed by atoms with Crippen LogP contribution in [0, 0.1) is 17.5 Å². The van der Waals surface area contributed by atoms with Gasteiger partial charge in [0, 0.05) is 60.8 Å². The van der Waals surface area contributed by atoms with Gasteiger partial charge in [-0.15, -0.1) is 0 Å². The molecule has 7 heteroatoms. The molecule has 0 aliphatic carbocycles. The van der Waals surface area contributed by atoms with Crippen molar-refractivity contribution in [3.8, 4) is 11.4 Å². The maximum absolute atomic E-state index is 15.8. The van der Waals surface area contributed by atoms with Gasteiger partial charge in [0.1, 0.15) is 17.5 Å². The number of hydrogen-bond acceptors (Lipinski definition) is 0. The average Bonchev–Trinajstić information content (AvgIpc) is 3.93. The van der Waals surface area contributed by atoms with Crippen LogP contribution < -0.4 is 15.6 Å². The molecule has 0 saturated heterocycles. The molecule has 1 atom stereocenters. The van der Waals surface area contributed by atoms with E-state index in [1.807, 2.05) is 30.3 Å². The fourth-order valence-corrected chi connectivity index (χ4v) is 15.0. The molecule has 0 saturated carbocycles. The highest BCUT2D eigenvalue weighted by Gasteiger charge is 2.45. The minimum absolute atomic E-state index is 0.390. The van der Waals surface area contributed by atoms with Crippen LogP contribution in [-0.2, 0) is 0 Å². The van der Waals surface area contributed by atoms with E-state index in [-0.39, 0.29) is 5.82 Å². The molecule has 12 rings (SSSR count). The summed E-state index contributed by atoms with van der Waals surface area (Å²) < 4.78 is 53.4. The molecule has 61 heavy (non-hydrogen) atoms. The number of benzene rings is 9. The first-order valence-corrected chi connectivity index (χ1v) is 22.3. The van der Waals surface area contributed by atoms with E-state index in [9.17, 15) is 4.39 Å². The molecule has 3 aromatic heterocycles. The van der Waals surface area contributed by atoms with Gasteiger partial charge in [0.2, 0.25) is 0 Å². The maximum Gasteiger partial charge on any atom is 0.257 e. The average molecular weight is 810 g/mol. The third kappa shape index (κ3) is 5.17. The summed E-state index contributed by atoms with van der Waals surface area (Å²) in [5.74, 6) is -1.74. The van der Waals surface area contributed by atoms with Crippen LogP contribution in [0.5, 0.6) is 0 Å². The van der Waals surface area contributed by atoms with E-state index < -0.39 is 19.9 Å². The lowest BCUT2D eigenvalue weighted by Crippen LogP contribution is -2.72.